The van der Waals surface area contributed by atoms with Gasteiger partial charge < -0.3 is 10.1 Å². The van der Waals surface area contributed by atoms with Crippen molar-refractivity contribution < 1.29 is 9.53 Å². The number of hydrogen-bond donors (Lipinski definition) is 1. The van der Waals surface area contributed by atoms with Crippen LogP contribution in [0.4, 0.5) is 4.79 Å². The van der Waals surface area contributed by atoms with Crippen LogP contribution in [-0.2, 0) is 10.3 Å². The minimum Gasteiger partial charge on any atom is -0.443 e. The zero-order valence-electron chi connectivity index (χ0n) is 21.8. The molecular weight excluding hydrogens is 480 g/mol. The van der Waals surface area contributed by atoms with E-state index in [0.717, 1.165) is 82.0 Å². The van der Waals surface area contributed by atoms with E-state index < -0.39 is 0 Å². The van der Waals surface area contributed by atoms with Gasteiger partial charge in [-0.1, -0.05) is 54.6 Å². The third kappa shape index (κ3) is 4.19. The Hall–Kier alpha value is -3.32. The Balaban J connectivity index is 1.40. The van der Waals surface area contributed by atoms with Crippen molar-refractivity contribution in [3.63, 3.8) is 0 Å². The van der Waals surface area contributed by atoms with Gasteiger partial charge >= 0.3 is 6.09 Å². The first-order valence-electron chi connectivity index (χ1n) is 12.9. The Morgan fingerprint density at radius 1 is 0.973 bits per heavy atom. The van der Waals surface area contributed by atoms with Gasteiger partial charge in [0, 0.05) is 11.1 Å². The van der Waals surface area contributed by atoms with Crippen molar-refractivity contribution in [3.8, 4) is 22.5 Å². The highest BCUT2D eigenvalue weighted by Crippen LogP contribution is 2.44. The first kappa shape index (κ1) is 24.0. The summed E-state index contributed by atoms with van der Waals surface area (Å²) in [6.07, 6.45) is 6.56. The number of alkyl carbamates (subject to hydrolysis) is 1. The van der Waals surface area contributed by atoms with Gasteiger partial charge in [-0.25, -0.2) is 14.3 Å². The lowest BCUT2D eigenvalue weighted by Gasteiger charge is -2.43. The normalized spacial score (nSPS) is 17.3. The summed E-state index contributed by atoms with van der Waals surface area (Å²) in [5.74, 6) is 0. The topological polar surface area (TPSA) is 68.5 Å². The van der Waals surface area contributed by atoms with Crippen molar-refractivity contribution in [2.75, 3.05) is 6.26 Å². The Morgan fingerprint density at radius 2 is 1.68 bits per heavy atom. The predicted molar refractivity (Wildman–Crippen MR) is 148 cm³/mol. The summed E-state index contributed by atoms with van der Waals surface area (Å²) in [4.78, 5) is 17.7. The number of aryl methyl sites for hydroxylation is 1. The molecule has 0 radical (unpaired) electrons. The van der Waals surface area contributed by atoms with E-state index in [0.29, 0.717) is 0 Å². The second kappa shape index (κ2) is 8.91. The van der Waals surface area contributed by atoms with E-state index in [1.165, 1.54) is 0 Å². The van der Waals surface area contributed by atoms with Crippen LogP contribution in [0.25, 0.3) is 28.2 Å². The second-order valence-electron chi connectivity index (χ2n) is 10.6. The molecule has 4 aromatic rings. The summed E-state index contributed by atoms with van der Waals surface area (Å²) in [5.41, 5.74) is 7.64. The number of carbonyl (C=O) groups excluding carboxylic acids is 1. The highest BCUT2D eigenvalue weighted by Gasteiger charge is 2.45. The van der Waals surface area contributed by atoms with Crippen molar-refractivity contribution >= 4 is 23.5 Å². The smallest absolute Gasteiger partial charge is 0.408 e. The zero-order valence-corrected chi connectivity index (χ0v) is 22.6. The van der Waals surface area contributed by atoms with Gasteiger partial charge in [-0.2, -0.15) is 5.10 Å². The SMILES string of the molecule is CSc1nn2c(-c3ccccc3)c(-c3ccc(C4(NC(=O)OC5(C)CC5)CCC4)cc3)nc2c(C)c1C. The van der Waals surface area contributed by atoms with Crippen LogP contribution in [0.1, 0.15) is 55.7 Å². The molecule has 0 unspecified atom stereocenters. The molecule has 2 aromatic carbocycles. The highest BCUT2D eigenvalue weighted by atomic mass is 32.2. The first-order chi connectivity index (χ1) is 17.8. The average Bonchev–Trinajstić information content (AvgIpc) is 3.48. The van der Waals surface area contributed by atoms with E-state index in [1.807, 2.05) is 29.6 Å². The van der Waals surface area contributed by atoms with E-state index in [-0.39, 0.29) is 17.2 Å². The number of amides is 1. The molecule has 2 fully saturated rings. The van der Waals surface area contributed by atoms with Crippen molar-refractivity contribution in [2.24, 2.45) is 0 Å². The Kier molecular flexibility index (Phi) is 5.79. The van der Waals surface area contributed by atoms with Gasteiger partial charge in [0.2, 0.25) is 0 Å². The molecular formula is C30H32N4O2S. The molecule has 1 N–H and O–H groups in total. The van der Waals surface area contributed by atoms with Crippen LogP contribution < -0.4 is 5.32 Å². The molecule has 7 heteroatoms. The number of fused-ring (bicyclic) bond motifs is 1. The summed E-state index contributed by atoms with van der Waals surface area (Å²) < 4.78 is 7.66. The predicted octanol–water partition coefficient (Wildman–Crippen LogP) is 7.06. The van der Waals surface area contributed by atoms with Gasteiger partial charge in [-0.3, -0.25) is 0 Å². The van der Waals surface area contributed by atoms with E-state index in [2.05, 4.69) is 61.8 Å². The number of carbonyl (C=O) groups is 1. The fraction of sp³-hybridized carbons (Fsp3) is 0.367. The molecule has 0 atom stereocenters. The number of thioether (sulfide) groups is 1. The van der Waals surface area contributed by atoms with Gasteiger partial charge in [0.25, 0.3) is 0 Å². The number of hydrogen-bond acceptors (Lipinski definition) is 5. The Bertz CT molecular complexity index is 1490. The molecule has 2 saturated carbocycles. The maximum atomic E-state index is 12.6. The van der Waals surface area contributed by atoms with Crippen LogP contribution >= 0.6 is 11.8 Å². The van der Waals surface area contributed by atoms with Gasteiger partial charge in [0.15, 0.2) is 5.65 Å². The minimum absolute atomic E-state index is 0.281. The van der Waals surface area contributed by atoms with E-state index in [4.69, 9.17) is 14.8 Å². The molecule has 2 heterocycles. The summed E-state index contributed by atoms with van der Waals surface area (Å²) in [7, 11) is 0. The fourth-order valence-electron chi connectivity index (χ4n) is 5.18. The van der Waals surface area contributed by atoms with Crippen LogP contribution in [0.15, 0.2) is 59.6 Å². The van der Waals surface area contributed by atoms with Crippen LogP contribution in [0, 0.1) is 13.8 Å². The monoisotopic (exact) mass is 512 g/mol. The number of rotatable bonds is 6. The van der Waals surface area contributed by atoms with Crippen molar-refractivity contribution in [1.29, 1.82) is 0 Å². The lowest BCUT2D eigenvalue weighted by atomic mass is 9.71. The minimum atomic E-state index is -0.357. The van der Waals surface area contributed by atoms with Crippen LogP contribution in [0.5, 0.6) is 0 Å². The third-order valence-corrected chi connectivity index (χ3v) is 8.83. The molecule has 6 nitrogen and oxygen atoms in total. The molecule has 1 amide bonds. The molecule has 2 aliphatic rings. The molecule has 0 saturated heterocycles. The number of ether oxygens (including phenoxy) is 1. The standard InChI is InChI=1S/C30H32N4O2S/c1-19-20(2)27(37-4)33-34-25(22-9-6-5-7-10-22)24(31-26(19)34)21-11-13-23(14-12-21)30(15-8-16-30)32-28(35)36-29(3)17-18-29/h5-7,9-14H,8,15-18H2,1-4H3,(H,32,35). The number of aromatic nitrogens is 3. The lowest BCUT2D eigenvalue weighted by molar-refractivity contribution is 0.0712. The van der Waals surface area contributed by atoms with Crippen molar-refractivity contribution in [2.45, 2.75) is 69.0 Å². The van der Waals surface area contributed by atoms with Crippen LogP contribution in [0.2, 0.25) is 0 Å². The first-order valence-corrected chi connectivity index (χ1v) is 14.2. The fourth-order valence-corrected chi connectivity index (χ4v) is 5.81. The van der Waals surface area contributed by atoms with Gasteiger partial charge in [0.05, 0.1) is 11.2 Å². The summed E-state index contributed by atoms with van der Waals surface area (Å²) in [5, 5.41) is 9.18. The number of nitrogens with one attached hydrogen (secondary N) is 1. The summed E-state index contributed by atoms with van der Waals surface area (Å²) in [6.45, 7) is 6.22. The maximum absolute atomic E-state index is 12.6. The molecule has 0 aliphatic heterocycles. The Morgan fingerprint density at radius 3 is 2.27 bits per heavy atom. The van der Waals surface area contributed by atoms with Gasteiger partial charge in [-0.15, -0.1) is 11.8 Å². The van der Waals surface area contributed by atoms with Crippen LogP contribution in [-0.4, -0.2) is 32.5 Å². The quantitative estimate of drug-likeness (QED) is 0.280. The Labute approximate surface area is 221 Å². The number of nitrogens with zero attached hydrogens (tertiary/aromatic N) is 3. The van der Waals surface area contributed by atoms with E-state index in [1.54, 1.807) is 11.8 Å². The number of imidazole rings is 1. The summed E-state index contributed by atoms with van der Waals surface area (Å²) >= 11 is 1.65. The highest BCUT2D eigenvalue weighted by molar-refractivity contribution is 7.98. The molecule has 2 aliphatic carbocycles. The molecule has 6 rings (SSSR count). The molecule has 0 spiro atoms. The van der Waals surface area contributed by atoms with E-state index >= 15 is 0 Å². The maximum Gasteiger partial charge on any atom is 0.408 e. The average molecular weight is 513 g/mol. The molecule has 190 valence electrons. The number of benzene rings is 2. The lowest BCUT2D eigenvalue weighted by Crippen LogP contribution is -2.51. The van der Waals surface area contributed by atoms with Crippen LogP contribution in [0.3, 0.4) is 0 Å². The van der Waals surface area contributed by atoms with Crippen molar-refractivity contribution in [3.05, 3.63) is 71.3 Å². The largest absolute Gasteiger partial charge is 0.443 e. The zero-order chi connectivity index (χ0) is 25.8. The molecule has 37 heavy (non-hydrogen) atoms. The van der Waals surface area contributed by atoms with Gasteiger partial charge in [-0.05, 0) is 75.8 Å². The third-order valence-electron chi connectivity index (χ3n) is 8.06. The second-order valence-corrected chi connectivity index (χ2v) is 11.4. The van der Waals surface area contributed by atoms with E-state index in [9.17, 15) is 4.79 Å². The molecule has 2 aromatic heterocycles. The summed E-state index contributed by atoms with van der Waals surface area (Å²) in [6, 6.07) is 18.8. The van der Waals surface area contributed by atoms with Gasteiger partial charge in [0.1, 0.15) is 16.3 Å². The van der Waals surface area contributed by atoms with Crippen molar-refractivity contribution in [1.82, 2.24) is 19.9 Å². The molecule has 0 bridgehead atoms.